The highest BCUT2D eigenvalue weighted by Gasteiger charge is 2.22. The van der Waals surface area contributed by atoms with Crippen LogP contribution in [0.5, 0.6) is 0 Å². The second kappa shape index (κ2) is 13.8. The minimum Gasteiger partial charge on any atom is -0.454 e. The van der Waals surface area contributed by atoms with Crippen molar-refractivity contribution in [3.63, 3.8) is 0 Å². The smallest absolute Gasteiger partial charge is 0.159 e. The van der Waals surface area contributed by atoms with Gasteiger partial charge in [-0.15, -0.1) is 11.3 Å². The van der Waals surface area contributed by atoms with E-state index in [9.17, 15) is 0 Å². The summed E-state index contributed by atoms with van der Waals surface area (Å²) in [6, 6.07) is 73.5. The maximum absolute atomic E-state index is 6.91. The Morgan fingerprint density at radius 1 is 0.421 bits per heavy atom. The molecule has 0 saturated heterocycles. The van der Waals surface area contributed by atoms with Crippen LogP contribution in [0, 0.1) is 0 Å². The Bertz CT molecular complexity index is 3220. The number of thiazole rings is 1. The van der Waals surface area contributed by atoms with Gasteiger partial charge in [0.1, 0.15) is 10.6 Å². The lowest BCUT2D eigenvalue weighted by Crippen LogP contribution is -2.10. The third-order valence-corrected chi connectivity index (χ3v) is 12.0. The van der Waals surface area contributed by atoms with Crippen molar-refractivity contribution >= 4 is 71.3 Å². The fourth-order valence-electron chi connectivity index (χ4n) is 8.08. The first kappa shape index (κ1) is 33.1. The van der Waals surface area contributed by atoms with E-state index < -0.39 is 0 Å². The first-order valence-corrected chi connectivity index (χ1v) is 20.0. The molecule has 0 N–H and O–H groups in total. The summed E-state index contributed by atoms with van der Waals surface area (Å²) in [6.45, 7) is 0. The molecule has 268 valence electrons. The first-order valence-electron chi connectivity index (χ1n) is 19.2. The maximum atomic E-state index is 6.91. The molecule has 57 heavy (non-hydrogen) atoms. The molecule has 4 heteroatoms. The fourth-order valence-corrected chi connectivity index (χ4v) is 9.06. The lowest BCUT2D eigenvalue weighted by Gasteiger charge is -2.27. The number of benzene rings is 9. The topological polar surface area (TPSA) is 29.3 Å². The predicted octanol–water partition coefficient (Wildman–Crippen LogP) is 15.5. The Kier molecular flexibility index (Phi) is 8.01. The molecule has 0 saturated carbocycles. The van der Waals surface area contributed by atoms with Gasteiger partial charge in [-0.3, -0.25) is 0 Å². The zero-order chi connectivity index (χ0) is 37.7. The van der Waals surface area contributed by atoms with Crippen LogP contribution in [-0.2, 0) is 0 Å². The highest BCUT2D eigenvalue weighted by molar-refractivity contribution is 7.21. The molecule has 11 rings (SSSR count). The number of nitrogens with zero attached hydrogens (tertiary/aromatic N) is 2. The zero-order valence-corrected chi connectivity index (χ0v) is 31.7. The van der Waals surface area contributed by atoms with Crippen LogP contribution in [0.25, 0.3) is 86.9 Å². The Balaban J connectivity index is 1.11. The summed E-state index contributed by atoms with van der Waals surface area (Å²) < 4.78 is 8.01. The summed E-state index contributed by atoms with van der Waals surface area (Å²) in [7, 11) is 0. The fraction of sp³-hybridized carbons (Fsp3) is 0. The van der Waals surface area contributed by atoms with Crippen LogP contribution in [0.4, 0.5) is 17.1 Å². The molecule has 0 amide bonds. The SMILES string of the molecule is c1ccc(-c2ccc(N(c3ccc(-c4ccc5ccccc5c4)c(-c4ccccc4)c3)c3cccc4c3oc3cc5sc(-c6ccccc6)nc5cc34)cc2)cc1. The average molecular weight is 747 g/mol. The van der Waals surface area contributed by atoms with Gasteiger partial charge in [-0.2, -0.15) is 0 Å². The molecule has 0 unspecified atom stereocenters. The molecule has 2 heterocycles. The molecular weight excluding hydrogens is 713 g/mol. The molecule has 0 atom stereocenters. The van der Waals surface area contributed by atoms with E-state index in [4.69, 9.17) is 9.40 Å². The second-order valence-corrected chi connectivity index (χ2v) is 15.4. The van der Waals surface area contributed by atoms with E-state index in [1.807, 2.05) is 6.07 Å². The van der Waals surface area contributed by atoms with Crippen LogP contribution in [0.15, 0.2) is 211 Å². The lowest BCUT2D eigenvalue weighted by molar-refractivity contribution is 0.669. The Hall–Kier alpha value is -7.27. The normalized spacial score (nSPS) is 11.5. The number of fused-ring (bicyclic) bond motifs is 5. The summed E-state index contributed by atoms with van der Waals surface area (Å²) in [5.41, 5.74) is 13.9. The van der Waals surface area contributed by atoms with Gasteiger partial charge in [-0.25, -0.2) is 4.98 Å². The van der Waals surface area contributed by atoms with Crippen LogP contribution in [0.3, 0.4) is 0 Å². The van der Waals surface area contributed by atoms with Gasteiger partial charge >= 0.3 is 0 Å². The molecule has 0 fully saturated rings. The molecule has 2 aromatic heterocycles. The van der Waals surface area contributed by atoms with Crippen LogP contribution >= 0.6 is 11.3 Å². The Morgan fingerprint density at radius 3 is 1.84 bits per heavy atom. The minimum atomic E-state index is 0.834. The zero-order valence-electron chi connectivity index (χ0n) is 30.8. The van der Waals surface area contributed by atoms with Gasteiger partial charge in [-0.05, 0) is 86.6 Å². The highest BCUT2D eigenvalue weighted by Crippen LogP contribution is 2.46. The van der Waals surface area contributed by atoms with Gasteiger partial charge in [0.25, 0.3) is 0 Å². The van der Waals surface area contributed by atoms with Gasteiger partial charge in [-0.1, -0.05) is 158 Å². The van der Waals surface area contributed by atoms with Crippen molar-refractivity contribution in [3.05, 3.63) is 206 Å². The van der Waals surface area contributed by atoms with E-state index in [0.717, 1.165) is 70.9 Å². The lowest BCUT2D eigenvalue weighted by atomic mass is 9.92. The predicted molar refractivity (Wildman–Crippen MR) is 241 cm³/mol. The van der Waals surface area contributed by atoms with Gasteiger partial charge in [0, 0.05) is 33.8 Å². The quantitative estimate of drug-likeness (QED) is 0.163. The second-order valence-electron chi connectivity index (χ2n) is 14.4. The van der Waals surface area contributed by atoms with Crippen molar-refractivity contribution in [2.45, 2.75) is 0 Å². The summed E-state index contributed by atoms with van der Waals surface area (Å²) in [6.07, 6.45) is 0. The van der Waals surface area contributed by atoms with Gasteiger partial charge < -0.3 is 9.32 Å². The van der Waals surface area contributed by atoms with Crippen molar-refractivity contribution in [2.24, 2.45) is 0 Å². The third-order valence-electron chi connectivity index (χ3n) is 10.9. The molecule has 0 radical (unpaired) electrons. The van der Waals surface area contributed by atoms with E-state index in [2.05, 4.69) is 205 Å². The number of hydrogen-bond acceptors (Lipinski definition) is 4. The monoisotopic (exact) mass is 746 g/mol. The molecule has 0 aliphatic rings. The number of furan rings is 1. The Labute approximate surface area is 334 Å². The van der Waals surface area contributed by atoms with Gasteiger partial charge in [0.05, 0.1) is 15.9 Å². The van der Waals surface area contributed by atoms with Crippen molar-refractivity contribution in [1.29, 1.82) is 0 Å². The van der Waals surface area contributed by atoms with E-state index in [1.165, 1.54) is 33.0 Å². The summed E-state index contributed by atoms with van der Waals surface area (Å²) >= 11 is 1.70. The maximum Gasteiger partial charge on any atom is 0.159 e. The number of hydrogen-bond donors (Lipinski definition) is 0. The van der Waals surface area contributed by atoms with Crippen molar-refractivity contribution < 1.29 is 4.42 Å². The van der Waals surface area contributed by atoms with Crippen LogP contribution in [0.1, 0.15) is 0 Å². The van der Waals surface area contributed by atoms with E-state index >= 15 is 0 Å². The van der Waals surface area contributed by atoms with Crippen molar-refractivity contribution in [1.82, 2.24) is 4.98 Å². The summed E-state index contributed by atoms with van der Waals surface area (Å²) in [5.74, 6) is 0. The highest BCUT2D eigenvalue weighted by atomic mass is 32.1. The largest absolute Gasteiger partial charge is 0.454 e. The van der Waals surface area contributed by atoms with E-state index in [-0.39, 0.29) is 0 Å². The summed E-state index contributed by atoms with van der Waals surface area (Å²) in [5, 5.41) is 5.58. The van der Waals surface area contributed by atoms with Crippen molar-refractivity contribution in [3.8, 4) is 44.0 Å². The van der Waals surface area contributed by atoms with Gasteiger partial charge in [0.15, 0.2) is 5.58 Å². The standard InChI is InChI=1S/C53H34N2OS/c1-4-13-35(14-5-1)37-25-27-42(28-26-37)55(43-29-30-44(46(32-43)38-16-6-2-7-17-38)41-24-23-36-15-10-11-20-40(36)31-41)49-22-12-21-45-47-33-48-51(34-50(47)56-52(45)49)57-53(54-48)39-18-8-3-9-19-39/h1-34H. The molecule has 0 bridgehead atoms. The molecule has 11 aromatic rings. The molecule has 0 aliphatic carbocycles. The van der Waals surface area contributed by atoms with Gasteiger partial charge in [0.2, 0.25) is 0 Å². The molecule has 3 nitrogen and oxygen atoms in total. The van der Waals surface area contributed by atoms with Crippen LogP contribution in [-0.4, -0.2) is 4.98 Å². The first-order chi connectivity index (χ1) is 28.2. The van der Waals surface area contributed by atoms with E-state index in [0.29, 0.717) is 0 Å². The number of aromatic nitrogens is 1. The third kappa shape index (κ3) is 5.95. The molecular formula is C53H34N2OS. The average Bonchev–Trinajstić information content (AvgIpc) is 3.88. The molecule has 0 spiro atoms. The molecule has 9 aromatic carbocycles. The number of para-hydroxylation sites is 1. The minimum absolute atomic E-state index is 0.834. The molecule has 0 aliphatic heterocycles. The van der Waals surface area contributed by atoms with Crippen LogP contribution < -0.4 is 4.90 Å². The summed E-state index contributed by atoms with van der Waals surface area (Å²) in [4.78, 5) is 7.40. The van der Waals surface area contributed by atoms with Crippen LogP contribution in [0.2, 0.25) is 0 Å². The number of anilines is 3. The number of rotatable bonds is 7. The van der Waals surface area contributed by atoms with E-state index in [1.54, 1.807) is 11.3 Å². The van der Waals surface area contributed by atoms with Crippen molar-refractivity contribution in [2.75, 3.05) is 4.90 Å². The Morgan fingerprint density at radius 2 is 1.07 bits per heavy atom.